The zero-order chi connectivity index (χ0) is 24.6. The number of anilines is 1. The van der Waals surface area contributed by atoms with Crippen LogP contribution in [0.5, 0.6) is 0 Å². The molecule has 1 aliphatic carbocycles. The fraction of sp³-hybridized carbons (Fsp3) is 0.154. The Morgan fingerprint density at radius 3 is 2.11 bits per heavy atom. The second-order valence-electron chi connectivity index (χ2n) is 8.65. The molecule has 0 bridgehead atoms. The van der Waals surface area contributed by atoms with Crippen LogP contribution in [-0.4, -0.2) is 29.0 Å². The van der Waals surface area contributed by atoms with Gasteiger partial charge in [-0.3, -0.25) is 19.2 Å². The number of amides is 2. The Kier molecular flexibility index (Phi) is 4.77. The maximum Gasteiger partial charge on any atom is 0.241 e. The number of hydrogen-bond donors (Lipinski definition) is 0. The molecule has 2 amide bonds. The van der Waals surface area contributed by atoms with Crippen LogP contribution in [0, 0.1) is 17.7 Å². The van der Waals surface area contributed by atoms with Crippen LogP contribution in [0.2, 0.25) is 10.0 Å². The Morgan fingerprint density at radius 1 is 0.800 bits per heavy atom. The summed E-state index contributed by atoms with van der Waals surface area (Å²) >= 11 is 12.1. The minimum absolute atomic E-state index is 0.115. The average Bonchev–Trinajstić information content (AvgIpc) is 3.41. The summed E-state index contributed by atoms with van der Waals surface area (Å²) in [6, 6.07) is 15.7. The number of Topliss-reactive ketones (excluding diaryl/α,β-unsaturated/α-hetero) is 2. The number of benzene rings is 3. The molecule has 2 heterocycles. The van der Waals surface area contributed by atoms with Gasteiger partial charge >= 0.3 is 0 Å². The highest BCUT2D eigenvalue weighted by Crippen LogP contribution is 2.57. The molecule has 3 atom stereocenters. The number of ketones is 2. The Morgan fingerprint density at radius 2 is 1.49 bits per heavy atom. The number of halogens is 3. The van der Waals surface area contributed by atoms with Crippen LogP contribution in [0.4, 0.5) is 10.1 Å². The van der Waals surface area contributed by atoms with Crippen LogP contribution in [0.15, 0.2) is 66.7 Å². The molecule has 6 rings (SSSR count). The molecule has 0 unspecified atom stereocenters. The lowest BCUT2D eigenvalue weighted by atomic mass is 9.77. The molecule has 6 nitrogen and oxygen atoms in total. The Bertz CT molecular complexity index is 1450. The summed E-state index contributed by atoms with van der Waals surface area (Å²) in [7, 11) is 0. The lowest BCUT2D eigenvalue weighted by Gasteiger charge is -2.27. The molecule has 0 aromatic heterocycles. The number of hydrogen-bond acceptors (Lipinski definition) is 5. The number of ether oxygens (including phenoxy) is 1. The van der Waals surface area contributed by atoms with Gasteiger partial charge in [-0.1, -0.05) is 59.6 Å². The number of fused-ring (bicyclic) bond motifs is 3. The van der Waals surface area contributed by atoms with Gasteiger partial charge in [0.15, 0.2) is 0 Å². The lowest BCUT2D eigenvalue weighted by Crippen LogP contribution is -2.51. The molecule has 3 aromatic carbocycles. The van der Waals surface area contributed by atoms with Gasteiger partial charge in [0.05, 0.1) is 33.7 Å². The van der Waals surface area contributed by atoms with Gasteiger partial charge in [0.2, 0.25) is 29.0 Å². The van der Waals surface area contributed by atoms with Gasteiger partial charge in [-0.2, -0.15) is 0 Å². The van der Waals surface area contributed by atoms with E-state index in [9.17, 15) is 23.6 Å². The molecule has 35 heavy (non-hydrogen) atoms. The first-order valence-corrected chi connectivity index (χ1v) is 11.5. The van der Waals surface area contributed by atoms with Crippen LogP contribution in [0.1, 0.15) is 32.4 Å². The number of imide groups is 1. The van der Waals surface area contributed by atoms with E-state index in [0.717, 1.165) is 11.0 Å². The third-order valence-corrected chi connectivity index (χ3v) is 7.60. The van der Waals surface area contributed by atoms with Crippen molar-refractivity contribution in [3.05, 3.63) is 99.3 Å². The monoisotopic (exact) mass is 509 g/mol. The molecule has 2 aliphatic heterocycles. The lowest BCUT2D eigenvalue weighted by molar-refractivity contribution is -0.127. The predicted octanol–water partition coefficient (Wildman–Crippen LogP) is 4.83. The summed E-state index contributed by atoms with van der Waals surface area (Å²) in [4.78, 5) is 55.8. The molecule has 9 heteroatoms. The number of carbonyl (C=O) groups is 4. The van der Waals surface area contributed by atoms with Gasteiger partial charge in [-0.15, -0.1) is 0 Å². The number of nitrogens with zero attached hydrogens (tertiary/aromatic N) is 1. The van der Waals surface area contributed by atoms with Crippen molar-refractivity contribution in [2.75, 3.05) is 4.90 Å². The quantitative estimate of drug-likeness (QED) is 0.365. The van der Waals surface area contributed by atoms with Crippen molar-refractivity contribution in [3.8, 4) is 0 Å². The van der Waals surface area contributed by atoms with Gasteiger partial charge < -0.3 is 4.74 Å². The van der Waals surface area contributed by atoms with Crippen LogP contribution in [-0.2, 0) is 14.3 Å². The molecule has 0 radical (unpaired) electrons. The minimum atomic E-state index is -2.23. The smallest absolute Gasteiger partial charge is 0.241 e. The van der Waals surface area contributed by atoms with E-state index >= 15 is 0 Å². The third-order valence-electron chi connectivity index (χ3n) is 6.86. The zero-order valence-corrected chi connectivity index (χ0v) is 19.2. The Labute approximate surface area is 208 Å². The van der Waals surface area contributed by atoms with Crippen LogP contribution in [0.3, 0.4) is 0 Å². The van der Waals surface area contributed by atoms with Gasteiger partial charge in [0, 0.05) is 11.1 Å². The highest BCUT2D eigenvalue weighted by atomic mass is 35.5. The van der Waals surface area contributed by atoms with Crippen LogP contribution < -0.4 is 4.90 Å². The second kappa shape index (κ2) is 7.55. The van der Waals surface area contributed by atoms with Gasteiger partial charge in [0.25, 0.3) is 0 Å². The zero-order valence-electron chi connectivity index (χ0n) is 17.7. The van der Waals surface area contributed by atoms with Crippen molar-refractivity contribution in [1.29, 1.82) is 0 Å². The van der Waals surface area contributed by atoms with Crippen molar-refractivity contribution in [2.24, 2.45) is 11.8 Å². The van der Waals surface area contributed by atoms with E-state index < -0.39 is 52.7 Å². The van der Waals surface area contributed by atoms with Crippen molar-refractivity contribution in [2.45, 2.75) is 11.7 Å². The molecule has 0 N–H and O–H groups in total. The fourth-order valence-electron chi connectivity index (χ4n) is 5.38. The van der Waals surface area contributed by atoms with Crippen molar-refractivity contribution in [1.82, 2.24) is 0 Å². The average molecular weight is 510 g/mol. The van der Waals surface area contributed by atoms with E-state index in [1.54, 1.807) is 12.1 Å². The van der Waals surface area contributed by atoms with Gasteiger partial charge in [0.1, 0.15) is 5.82 Å². The van der Waals surface area contributed by atoms with E-state index in [-0.39, 0.29) is 32.4 Å². The molecule has 2 saturated heterocycles. The van der Waals surface area contributed by atoms with Crippen molar-refractivity contribution < 1.29 is 28.3 Å². The SMILES string of the molecule is O=C1[C@H]2[C@@H](c3cccc(F)c3)OC3(C(=O)c4ccccc4C3=O)[C@H]2C(=O)N1c1ccc(Cl)c(Cl)c1. The first-order valence-electron chi connectivity index (χ1n) is 10.7. The fourth-order valence-corrected chi connectivity index (χ4v) is 5.67. The predicted molar refractivity (Wildman–Crippen MR) is 124 cm³/mol. The molecule has 3 aromatic rings. The van der Waals surface area contributed by atoms with Crippen molar-refractivity contribution >= 4 is 52.3 Å². The van der Waals surface area contributed by atoms with E-state index in [1.807, 2.05) is 0 Å². The maximum atomic E-state index is 14.1. The number of rotatable bonds is 2. The molecule has 2 fully saturated rings. The second-order valence-corrected chi connectivity index (χ2v) is 9.46. The highest BCUT2D eigenvalue weighted by molar-refractivity contribution is 6.42. The summed E-state index contributed by atoms with van der Waals surface area (Å²) in [6.07, 6.45) is -1.21. The van der Waals surface area contributed by atoms with Gasteiger partial charge in [-0.05, 0) is 35.9 Å². The molecular weight excluding hydrogens is 496 g/mol. The molecule has 3 aliphatic rings. The van der Waals surface area contributed by atoms with Crippen LogP contribution in [0.25, 0.3) is 0 Å². The number of carbonyl (C=O) groups excluding carboxylic acids is 4. The van der Waals surface area contributed by atoms with E-state index in [1.165, 1.54) is 48.5 Å². The largest absolute Gasteiger partial charge is 0.349 e. The summed E-state index contributed by atoms with van der Waals surface area (Å²) in [5.41, 5.74) is -1.62. The summed E-state index contributed by atoms with van der Waals surface area (Å²) in [6.45, 7) is 0. The normalized spacial score (nSPS) is 24.4. The van der Waals surface area contributed by atoms with Crippen molar-refractivity contribution in [3.63, 3.8) is 0 Å². The standard InChI is InChI=1S/C26H14Cl2FNO5/c27-17-9-8-14(11-18(17)28)30-24(33)19-20(25(30)34)26(35-21(19)12-4-3-5-13(29)10-12)22(31)15-6-1-2-7-16(15)23(26)32/h1-11,19-21H/t19-,20-,21-/m1/s1. The minimum Gasteiger partial charge on any atom is -0.349 e. The summed E-state index contributed by atoms with van der Waals surface area (Å²) in [5, 5.41) is 0.346. The first kappa shape index (κ1) is 22.1. The molecule has 1 spiro atoms. The van der Waals surface area contributed by atoms with E-state index in [2.05, 4.69) is 0 Å². The highest BCUT2D eigenvalue weighted by Gasteiger charge is 2.74. The first-order chi connectivity index (χ1) is 16.8. The maximum absolute atomic E-state index is 14.1. The van der Waals surface area contributed by atoms with E-state index in [0.29, 0.717) is 0 Å². The van der Waals surface area contributed by atoms with E-state index in [4.69, 9.17) is 27.9 Å². The molecular formula is C26H14Cl2FNO5. The van der Waals surface area contributed by atoms with Gasteiger partial charge in [-0.25, -0.2) is 9.29 Å². The summed E-state index contributed by atoms with van der Waals surface area (Å²) < 4.78 is 20.2. The Hall–Kier alpha value is -3.39. The van der Waals surface area contributed by atoms with Crippen LogP contribution >= 0.6 is 23.2 Å². The molecule has 0 saturated carbocycles. The Balaban J connectivity index is 1.55. The molecule has 174 valence electrons. The third kappa shape index (κ3) is 2.86. The topological polar surface area (TPSA) is 80.8 Å². The summed E-state index contributed by atoms with van der Waals surface area (Å²) in [5.74, 6) is -6.10.